The van der Waals surface area contributed by atoms with E-state index in [1.165, 1.54) is 25.0 Å². The van der Waals surface area contributed by atoms with Crippen molar-refractivity contribution in [1.29, 1.82) is 0 Å². The highest BCUT2D eigenvalue weighted by molar-refractivity contribution is 7.98. The summed E-state index contributed by atoms with van der Waals surface area (Å²) in [6.45, 7) is 11.5. The van der Waals surface area contributed by atoms with Crippen LogP contribution < -0.4 is 5.32 Å². The summed E-state index contributed by atoms with van der Waals surface area (Å²) in [5, 5.41) is 3.63. The molecular formula is C15H34N2S. The second-order valence-electron chi connectivity index (χ2n) is 5.94. The lowest BCUT2D eigenvalue weighted by Gasteiger charge is -2.25. The number of hydrogen-bond acceptors (Lipinski definition) is 3. The first kappa shape index (κ1) is 18.3. The molecule has 3 heteroatoms. The largest absolute Gasteiger partial charge is 0.313 e. The van der Waals surface area contributed by atoms with E-state index in [9.17, 15) is 0 Å². The lowest BCUT2D eigenvalue weighted by molar-refractivity contribution is 0.249. The van der Waals surface area contributed by atoms with Gasteiger partial charge in [-0.05, 0) is 58.1 Å². The summed E-state index contributed by atoms with van der Waals surface area (Å²) in [5.41, 5.74) is 0. The number of rotatable bonds is 11. The van der Waals surface area contributed by atoms with Crippen LogP contribution in [0.4, 0.5) is 0 Å². The van der Waals surface area contributed by atoms with Crippen LogP contribution in [0.25, 0.3) is 0 Å². The fourth-order valence-corrected chi connectivity index (χ4v) is 2.48. The topological polar surface area (TPSA) is 15.3 Å². The molecule has 0 aliphatic carbocycles. The molecule has 0 radical (unpaired) electrons. The van der Waals surface area contributed by atoms with Gasteiger partial charge in [-0.1, -0.05) is 13.8 Å². The molecule has 0 saturated carbocycles. The summed E-state index contributed by atoms with van der Waals surface area (Å²) in [6, 6.07) is 1.35. The maximum absolute atomic E-state index is 3.63. The summed E-state index contributed by atoms with van der Waals surface area (Å²) < 4.78 is 0. The SMILES string of the molecule is CSCCC(C)N(C)CCNC(C)CCC(C)C. The van der Waals surface area contributed by atoms with E-state index >= 15 is 0 Å². The highest BCUT2D eigenvalue weighted by Gasteiger charge is 2.09. The lowest BCUT2D eigenvalue weighted by Crippen LogP contribution is -2.38. The Bertz CT molecular complexity index is 185. The summed E-state index contributed by atoms with van der Waals surface area (Å²) in [4.78, 5) is 2.47. The van der Waals surface area contributed by atoms with Gasteiger partial charge in [0.2, 0.25) is 0 Å². The third kappa shape index (κ3) is 10.2. The minimum absolute atomic E-state index is 0.655. The standard InChI is InChI=1S/C15H34N2S/c1-13(2)7-8-14(3)16-10-11-17(5)15(4)9-12-18-6/h13-16H,7-12H2,1-6H3. The molecule has 18 heavy (non-hydrogen) atoms. The summed E-state index contributed by atoms with van der Waals surface area (Å²) in [7, 11) is 2.24. The molecule has 2 atom stereocenters. The van der Waals surface area contributed by atoms with Crippen molar-refractivity contribution >= 4 is 11.8 Å². The Morgan fingerprint density at radius 3 is 2.28 bits per heavy atom. The molecule has 110 valence electrons. The molecular weight excluding hydrogens is 240 g/mol. The van der Waals surface area contributed by atoms with Crippen molar-refractivity contribution in [3.63, 3.8) is 0 Å². The van der Waals surface area contributed by atoms with E-state index in [1.54, 1.807) is 0 Å². The normalized spacial score (nSPS) is 15.3. The van der Waals surface area contributed by atoms with Gasteiger partial charge in [0.15, 0.2) is 0 Å². The third-order valence-electron chi connectivity index (χ3n) is 3.63. The van der Waals surface area contributed by atoms with Crippen molar-refractivity contribution in [2.75, 3.05) is 32.1 Å². The van der Waals surface area contributed by atoms with Crippen LogP contribution in [-0.2, 0) is 0 Å². The molecule has 0 aromatic heterocycles. The van der Waals surface area contributed by atoms with E-state index in [2.05, 4.69) is 51.2 Å². The van der Waals surface area contributed by atoms with Gasteiger partial charge in [0.05, 0.1) is 0 Å². The van der Waals surface area contributed by atoms with Crippen LogP contribution in [0.1, 0.15) is 47.0 Å². The van der Waals surface area contributed by atoms with Gasteiger partial charge in [-0.15, -0.1) is 0 Å². The molecule has 0 heterocycles. The summed E-state index contributed by atoms with van der Waals surface area (Å²) in [5.74, 6) is 2.09. The van der Waals surface area contributed by atoms with Gasteiger partial charge in [-0.25, -0.2) is 0 Å². The van der Waals surface area contributed by atoms with Crippen molar-refractivity contribution < 1.29 is 0 Å². The van der Waals surface area contributed by atoms with E-state index in [4.69, 9.17) is 0 Å². The number of nitrogens with one attached hydrogen (secondary N) is 1. The second-order valence-corrected chi connectivity index (χ2v) is 6.92. The highest BCUT2D eigenvalue weighted by Crippen LogP contribution is 2.07. The maximum atomic E-state index is 3.63. The Kier molecular flexibility index (Phi) is 11.3. The second kappa shape index (κ2) is 11.1. The number of nitrogens with zero attached hydrogens (tertiary/aromatic N) is 1. The predicted molar refractivity (Wildman–Crippen MR) is 86.6 cm³/mol. The summed E-state index contributed by atoms with van der Waals surface area (Å²) in [6.07, 6.45) is 6.10. The van der Waals surface area contributed by atoms with Crippen LogP contribution in [0.3, 0.4) is 0 Å². The smallest absolute Gasteiger partial charge is 0.0107 e. The van der Waals surface area contributed by atoms with Crippen molar-refractivity contribution in [2.45, 2.75) is 59.0 Å². The van der Waals surface area contributed by atoms with Gasteiger partial charge >= 0.3 is 0 Å². The zero-order valence-corrected chi connectivity index (χ0v) is 14.1. The minimum atomic E-state index is 0.655. The van der Waals surface area contributed by atoms with E-state index in [1.807, 2.05) is 11.8 Å². The van der Waals surface area contributed by atoms with E-state index in [-0.39, 0.29) is 0 Å². The van der Waals surface area contributed by atoms with E-state index in [0.29, 0.717) is 12.1 Å². The first-order valence-corrected chi connectivity index (χ1v) is 8.79. The molecule has 0 aliphatic rings. The predicted octanol–water partition coefficient (Wildman–Crippen LogP) is 3.47. The van der Waals surface area contributed by atoms with Gasteiger partial charge in [0.25, 0.3) is 0 Å². The van der Waals surface area contributed by atoms with Crippen LogP contribution in [0.5, 0.6) is 0 Å². The van der Waals surface area contributed by atoms with Crippen LogP contribution in [0.15, 0.2) is 0 Å². The Hall–Kier alpha value is 0.270. The van der Waals surface area contributed by atoms with Gasteiger partial charge < -0.3 is 10.2 Å². The number of likely N-dealkylation sites (N-methyl/N-ethyl adjacent to an activating group) is 1. The Morgan fingerprint density at radius 1 is 1.06 bits per heavy atom. The van der Waals surface area contributed by atoms with Crippen LogP contribution >= 0.6 is 11.8 Å². The molecule has 0 aromatic rings. The monoisotopic (exact) mass is 274 g/mol. The number of hydrogen-bond donors (Lipinski definition) is 1. The van der Waals surface area contributed by atoms with Crippen molar-refractivity contribution in [2.24, 2.45) is 5.92 Å². The van der Waals surface area contributed by atoms with E-state index in [0.717, 1.165) is 19.0 Å². The zero-order chi connectivity index (χ0) is 14.0. The molecule has 0 aromatic carbocycles. The highest BCUT2D eigenvalue weighted by atomic mass is 32.2. The van der Waals surface area contributed by atoms with Crippen LogP contribution in [-0.4, -0.2) is 49.1 Å². The molecule has 0 aliphatic heterocycles. The molecule has 0 amide bonds. The number of thioether (sulfide) groups is 1. The van der Waals surface area contributed by atoms with Crippen molar-refractivity contribution in [1.82, 2.24) is 10.2 Å². The third-order valence-corrected chi connectivity index (χ3v) is 4.27. The van der Waals surface area contributed by atoms with Crippen LogP contribution in [0.2, 0.25) is 0 Å². The van der Waals surface area contributed by atoms with Gasteiger partial charge in [-0.3, -0.25) is 0 Å². The van der Waals surface area contributed by atoms with Crippen molar-refractivity contribution in [3.8, 4) is 0 Å². The molecule has 0 spiro atoms. The summed E-state index contributed by atoms with van der Waals surface area (Å²) >= 11 is 1.94. The molecule has 0 bridgehead atoms. The average molecular weight is 275 g/mol. The first-order chi connectivity index (χ1) is 8.47. The maximum Gasteiger partial charge on any atom is 0.0107 e. The Labute approximate surface area is 119 Å². The van der Waals surface area contributed by atoms with Gasteiger partial charge in [-0.2, -0.15) is 11.8 Å². The van der Waals surface area contributed by atoms with Crippen LogP contribution in [0, 0.1) is 5.92 Å². The fourth-order valence-electron chi connectivity index (χ4n) is 1.90. The quantitative estimate of drug-likeness (QED) is 0.621. The average Bonchev–Trinajstić information content (AvgIpc) is 2.33. The molecule has 0 fully saturated rings. The Balaban J connectivity index is 3.57. The van der Waals surface area contributed by atoms with Gasteiger partial charge in [0, 0.05) is 25.2 Å². The molecule has 0 saturated heterocycles. The zero-order valence-electron chi connectivity index (χ0n) is 13.3. The molecule has 1 N–H and O–H groups in total. The van der Waals surface area contributed by atoms with Crippen molar-refractivity contribution in [3.05, 3.63) is 0 Å². The molecule has 0 rings (SSSR count). The fraction of sp³-hybridized carbons (Fsp3) is 1.00. The minimum Gasteiger partial charge on any atom is -0.313 e. The molecule has 2 unspecified atom stereocenters. The lowest BCUT2D eigenvalue weighted by atomic mass is 10.0. The molecule has 2 nitrogen and oxygen atoms in total. The van der Waals surface area contributed by atoms with Gasteiger partial charge in [0.1, 0.15) is 0 Å². The van der Waals surface area contributed by atoms with E-state index < -0.39 is 0 Å². The first-order valence-electron chi connectivity index (χ1n) is 7.39. The Morgan fingerprint density at radius 2 is 1.72 bits per heavy atom.